The fourth-order valence-corrected chi connectivity index (χ4v) is 4.55. The molecule has 6 nitrogen and oxygen atoms in total. The number of nitrogens with zero attached hydrogens (tertiary/aromatic N) is 3. The Kier molecular flexibility index (Phi) is 6.95. The van der Waals surface area contributed by atoms with Gasteiger partial charge in [-0.05, 0) is 50.5 Å². The summed E-state index contributed by atoms with van der Waals surface area (Å²) in [5.74, 6) is -0.381. The number of aliphatic carboxylic acids is 1. The highest BCUT2D eigenvalue weighted by atomic mass is 19.1. The zero-order valence-electron chi connectivity index (χ0n) is 18.2. The van der Waals surface area contributed by atoms with Crippen LogP contribution in [-0.4, -0.2) is 39.1 Å². The Morgan fingerprint density at radius 3 is 2.53 bits per heavy atom. The highest BCUT2D eigenvalue weighted by Gasteiger charge is 2.25. The van der Waals surface area contributed by atoms with Crippen LogP contribution in [0.3, 0.4) is 0 Å². The van der Waals surface area contributed by atoms with E-state index in [9.17, 15) is 9.18 Å². The molecule has 0 saturated heterocycles. The molecule has 1 saturated carbocycles. The lowest BCUT2D eigenvalue weighted by atomic mass is 9.82. The third-order valence-corrected chi connectivity index (χ3v) is 6.22. The Balaban J connectivity index is 1.52. The molecule has 1 aromatic carbocycles. The van der Waals surface area contributed by atoms with Crippen molar-refractivity contribution < 1.29 is 19.0 Å². The number of rotatable bonds is 8. The molecule has 0 unspecified atom stereocenters. The van der Waals surface area contributed by atoms with Crippen molar-refractivity contribution in [1.29, 1.82) is 0 Å². The van der Waals surface area contributed by atoms with Crippen LogP contribution in [0.5, 0.6) is 0 Å². The second-order valence-corrected chi connectivity index (χ2v) is 8.54. The summed E-state index contributed by atoms with van der Waals surface area (Å²) < 4.78 is 21.3. The van der Waals surface area contributed by atoms with E-state index in [0.717, 1.165) is 60.3 Å². The summed E-state index contributed by atoms with van der Waals surface area (Å²) in [6.45, 7) is 3.11. The number of hydrogen-bond donors (Lipinski definition) is 1. The van der Waals surface area contributed by atoms with Crippen molar-refractivity contribution in [2.45, 2.75) is 39.2 Å². The van der Waals surface area contributed by atoms with Gasteiger partial charge in [0, 0.05) is 35.1 Å². The lowest BCUT2D eigenvalue weighted by Gasteiger charge is -2.28. The molecule has 1 fully saturated rings. The first kappa shape index (κ1) is 22.1. The minimum absolute atomic E-state index is 0.230. The molecule has 1 aliphatic rings. The molecule has 168 valence electrons. The van der Waals surface area contributed by atoms with E-state index in [1.807, 2.05) is 37.3 Å². The zero-order chi connectivity index (χ0) is 22.5. The third kappa shape index (κ3) is 5.22. The molecule has 32 heavy (non-hydrogen) atoms. The van der Waals surface area contributed by atoms with Gasteiger partial charge >= 0.3 is 5.97 Å². The van der Waals surface area contributed by atoms with Crippen molar-refractivity contribution in [1.82, 2.24) is 14.8 Å². The number of aromatic nitrogens is 3. The second-order valence-electron chi connectivity index (χ2n) is 8.54. The number of hydrogen-bond acceptors (Lipinski definition) is 4. The fraction of sp³-hybridized carbons (Fsp3) is 0.400. The van der Waals surface area contributed by atoms with Crippen molar-refractivity contribution in [2.75, 3.05) is 13.2 Å². The standard InChI is InChI=1S/C25H28FN3O3/c1-17-24(21-11-22(26)13-27-12-21)25(20-5-3-2-4-6-20)28-29(17)14-18-7-9-19(10-8-18)15-32-16-23(30)31/h2-6,11-13,18-19H,7-10,14-16H2,1H3,(H,30,31)/t18-,19-. The largest absolute Gasteiger partial charge is 0.480 e. The minimum atomic E-state index is -0.925. The summed E-state index contributed by atoms with van der Waals surface area (Å²) in [4.78, 5) is 14.7. The first-order chi connectivity index (χ1) is 15.5. The Morgan fingerprint density at radius 2 is 1.84 bits per heavy atom. The van der Waals surface area contributed by atoms with E-state index in [-0.39, 0.29) is 12.4 Å². The number of ether oxygens (including phenoxy) is 1. The minimum Gasteiger partial charge on any atom is -0.480 e. The summed E-state index contributed by atoms with van der Waals surface area (Å²) in [6, 6.07) is 11.5. The molecule has 0 atom stereocenters. The van der Waals surface area contributed by atoms with E-state index < -0.39 is 5.97 Å². The fourth-order valence-electron chi connectivity index (χ4n) is 4.55. The molecule has 2 aromatic heterocycles. The van der Waals surface area contributed by atoms with Crippen LogP contribution in [0.2, 0.25) is 0 Å². The molecule has 7 heteroatoms. The van der Waals surface area contributed by atoms with Crippen LogP contribution in [0.4, 0.5) is 4.39 Å². The van der Waals surface area contributed by atoms with Crippen LogP contribution >= 0.6 is 0 Å². The van der Waals surface area contributed by atoms with Gasteiger partial charge in [-0.15, -0.1) is 0 Å². The van der Waals surface area contributed by atoms with Crippen LogP contribution in [0.15, 0.2) is 48.8 Å². The summed E-state index contributed by atoms with van der Waals surface area (Å²) in [5, 5.41) is 13.7. The maximum atomic E-state index is 13.9. The lowest BCUT2D eigenvalue weighted by Crippen LogP contribution is -2.23. The Labute approximate surface area is 187 Å². The summed E-state index contributed by atoms with van der Waals surface area (Å²) in [7, 11) is 0. The molecule has 2 heterocycles. The molecule has 1 aliphatic carbocycles. The van der Waals surface area contributed by atoms with Crippen LogP contribution in [-0.2, 0) is 16.1 Å². The van der Waals surface area contributed by atoms with Crippen LogP contribution in [0.25, 0.3) is 22.4 Å². The predicted octanol–water partition coefficient (Wildman–Crippen LogP) is 4.97. The van der Waals surface area contributed by atoms with Gasteiger partial charge in [-0.25, -0.2) is 9.18 Å². The first-order valence-corrected chi connectivity index (χ1v) is 11.0. The molecule has 3 aromatic rings. The van der Waals surface area contributed by atoms with E-state index >= 15 is 0 Å². The number of carboxylic acids is 1. The normalized spacial score (nSPS) is 18.6. The van der Waals surface area contributed by atoms with Crippen molar-refractivity contribution in [3.8, 4) is 22.4 Å². The van der Waals surface area contributed by atoms with Crippen molar-refractivity contribution in [3.63, 3.8) is 0 Å². The molecule has 0 bridgehead atoms. The molecular formula is C25H28FN3O3. The van der Waals surface area contributed by atoms with Gasteiger partial charge in [0.15, 0.2) is 0 Å². The number of benzene rings is 1. The van der Waals surface area contributed by atoms with Crippen LogP contribution in [0.1, 0.15) is 31.4 Å². The van der Waals surface area contributed by atoms with E-state index in [4.69, 9.17) is 14.9 Å². The molecule has 4 rings (SSSR count). The number of halogens is 1. The molecule has 0 amide bonds. The average Bonchev–Trinajstić information content (AvgIpc) is 3.11. The Hall–Kier alpha value is -3.06. The number of carboxylic acid groups (broad SMARTS) is 1. The lowest BCUT2D eigenvalue weighted by molar-refractivity contribution is -0.142. The SMILES string of the molecule is Cc1c(-c2cncc(F)c2)c(-c2ccccc2)nn1C[C@H]1CC[C@H](COCC(=O)O)CC1. The highest BCUT2D eigenvalue weighted by molar-refractivity contribution is 5.82. The van der Waals surface area contributed by atoms with Gasteiger partial charge in [-0.2, -0.15) is 5.10 Å². The second kappa shape index (κ2) is 10.0. The number of carbonyl (C=O) groups is 1. The molecule has 0 radical (unpaired) electrons. The summed E-state index contributed by atoms with van der Waals surface area (Å²) in [5.41, 5.74) is 4.48. The third-order valence-electron chi connectivity index (χ3n) is 6.22. The number of pyridine rings is 1. The molecule has 0 aliphatic heterocycles. The Bertz CT molecular complexity index is 1060. The Morgan fingerprint density at radius 1 is 1.12 bits per heavy atom. The van der Waals surface area contributed by atoms with Gasteiger partial charge in [-0.1, -0.05) is 30.3 Å². The topological polar surface area (TPSA) is 77.2 Å². The monoisotopic (exact) mass is 437 g/mol. The van der Waals surface area contributed by atoms with Crippen molar-refractivity contribution >= 4 is 5.97 Å². The van der Waals surface area contributed by atoms with Crippen molar-refractivity contribution in [2.24, 2.45) is 11.8 Å². The summed E-state index contributed by atoms with van der Waals surface area (Å²) in [6.07, 6.45) is 7.06. The van der Waals surface area contributed by atoms with E-state index in [1.54, 1.807) is 6.20 Å². The quantitative estimate of drug-likeness (QED) is 0.539. The van der Waals surface area contributed by atoms with Crippen LogP contribution in [0, 0.1) is 24.6 Å². The summed E-state index contributed by atoms with van der Waals surface area (Å²) >= 11 is 0. The van der Waals surface area contributed by atoms with Gasteiger partial charge < -0.3 is 9.84 Å². The molecule has 0 spiro atoms. The molecule has 1 N–H and O–H groups in total. The van der Waals surface area contributed by atoms with Crippen LogP contribution < -0.4 is 0 Å². The predicted molar refractivity (Wildman–Crippen MR) is 119 cm³/mol. The average molecular weight is 438 g/mol. The van der Waals surface area contributed by atoms with Crippen molar-refractivity contribution in [3.05, 3.63) is 60.3 Å². The highest BCUT2D eigenvalue weighted by Crippen LogP contribution is 2.36. The molecular weight excluding hydrogens is 409 g/mol. The van der Waals surface area contributed by atoms with E-state index in [2.05, 4.69) is 9.67 Å². The van der Waals surface area contributed by atoms with E-state index in [1.165, 1.54) is 12.3 Å². The zero-order valence-corrected chi connectivity index (χ0v) is 18.2. The van der Waals surface area contributed by atoms with Gasteiger partial charge in [0.1, 0.15) is 18.1 Å². The van der Waals surface area contributed by atoms with Gasteiger partial charge in [0.2, 0.25) is 0 Å². The maximum Gasteiger partial charge on any atom is 0.329 e. The van der Waals surface area contributed by atoms with E-state index in [0.29, 0.717) is 18.4 Å². The smallest absolute Gasteiger partial charge is 0.329 e. The maximum absolute atomic E-state index is 13.9. The van der Waals surface area contributed by atoms with Gasteiger partial charge in [0.05, 0.1) is 12.8 Å². The first-order valence-electron chi connectivity index (χ1n) is 11.0. The van der Waals surface area contributed by atoms with Gasteiger partial charge in [-0.3, -0.25) is 9.67 Å². The van der Waals surface area contributed by atoms with Gasteiger partial charge in [0.25, 0.3) is 0 Å².